The van der Waals surface area contributed by atoms with Crippen LogP contribution < -0.4 is 11.1 Å². The van der Waals surface area contributed by atoms with Gasteiger partial charge in [-0.05, 0) is 60.1 Å². The molecule has 7 nitrogen and oxygen atoms in total. The number of pyridine rings is 2. The van der Waals surface area contributed by atoms with Gasteiger partial charge in [-0.2, -0.15) is 11.8 Å². The Morgan fingerprint density at radius 3 is 2.49 bits per heavy atom. The number of alkyl halides is 1. The van der Waals surface area contributed by atoms with E-state index in [1.807, 2.05) is 12.1 Å². The zero-order valence-electron chi connectivity index (χ0n) is 21.9. The van der Waals surface area contributed by atoms with E-state index in [-0.39, 0.29) is 11.1 Å². The van der Waals surface area contributed by atoms with Crippen LogP contribution in [0.3, 0.4) is 0 Å². The summed E-state index contributed by atoms with van der Waals surface area (Å²) >= 11 is 8.64. The van der Waals surface area contributed by atoms with Crippen LogP contribution in [0.15, 0.2) is 88.4 Å². The Morgan fingerprint density at radius 1 is 1.10 bits per heavy atom. The molecule has 0 aliphatic heterocycles. The van der Waals surface area contributed by atoms with E-state index < -0.39 is 25.7 Å². The predicted octanol–water partition coefficient (Wildman–Crippen LogP) is 5.15. The highest BCUT2D eigenvalue weighted by Gasteiger charge is 2.49. The van der Waals surface area contributed by atoms with Crippen molar-refractivity contribution in [1.29, 1.82) is 0 Å². The maximum Gasteiger partial charge on any atom is 0.273 e. The van der Waals surface area contributed by atoms with Crippen molar-refractivity contribution in [3.05, 3.63) is 111 Å². The summed E-state index contributed by atoms with van der Waals surface area (Å²) < 4.78 is 29.1. The number of thioether (sulfide) groups is 1. The molecule has 0 bridgehead atoms. The molecule has 3 aromatic heterocycles. The van der Waals surface area contributed by atoms with E-state index >= 15 is 0 Å². The van der Waals surface area contributed by atoms with E-state index in [0.29, 0.717) is 22.1 Å². The Kier molecular flexibility index (Phi) is 7.03. The van der Waals surface area contributed by atoms with Crippen LogP contribution in [0.4, 0.5) is 0 Å². The Bertz CT molecular complexity index is 1880. The Balaban J connectivity index is 1.62. The number of H-pyrrole nitrogens is 1. The van der Waals surface area contributed by atoms with Crippen molar-refractivity contribution in [2.75, 3.05) is 6.26 Å². The van der Waals surface area contributed by atoms with E-state index in [2.05, 4.69) is 23.4 Å². The average molecular weight is 582 g/mol. The SMILES string of the molecule is CSCc1ccc(-c2cn(C)c(=O)cc2C2=CC(Cl)C(C)(S(=O)(=O)n3ccc4cc[nH]c(=O)c43)C(C)=C2)cc1. The topological polar surface area (TPSA) is 93.9 Å². The van der Waals surface area contributed by atoms with Crippen LogP contribution in [0, 0.1) is 0 Å². The van der Waals surface area contributed by atoms with E-state index in [1.165, 1.54) is 22.5 Å². The first-order chi connectivity index (χ1) is 18.5. The minimum absolute atomic E-state index is 0.0453. The van der Waals surface area contributed by atoms with Crippen LogP contribution >= 0.6 is 23.4 Å². The highest BCUT2D eigenvalue weighted by atomic mass is 35.5. The molecular weight excluding hydrogens is 554 g/mol. The normalized spacial score (nSPS) is 19.7. The molecule has 1 N–H and O–H groups in total. The lowest BCUT2D eigenvalue weighted by molar-refractivity contribution is 0.548. The lowest BCUT2D eigenvalue weighted by atomic mass is 9.85. The molecule has 1 aromatic carbocycles. The molecule has 0 saturated heterocycles. The number of allylic oxidation sites excluding steroid dienone is 3. The van der Waals surface area contributed by atoms with Crippen molar-refractivity contribution in [2.45, 2.75) is 29.7 Å². The van der Waals surface area contributed by atoms with Gasteiger partial charge in [-0.1, -0.05) is 36.4 Å². The number of benzene rings is 1. The third-order valence-corrected chi connectivity index (χ3v) is 11.3. The van der Waals surface area contributed by atoms with E-state index in [4.69, 9.17) is 11.6 Å². The van der Waals surface area contributed by atoms with Crippen LogP contribution in [-0.4, -0.2) is 38.3 Å². The zero-order chi connectivity index (χ0) is 28.1. The molecule has 3 heterocycles. The molecular formula is C29H28ClN3O4S2. The summed E-state index contributed by atoms with van der Waals surface area (Å²) in [6.45, 7) is 3.28. The molecule has 2 unspecified atom stereocenters. The number of aryl methyl sites for hydroxylation is 1. The zero-order valence-corrected chi connectivity index (χ0v) is 24.3. The van der Waals surface area contributed by atoms with Gasteiger partial charge >= 0.3 is 0 Å². The third kappa shape index (κ3) is 4.42. The summed E-state index contributed by atoms with van der Waals surface area (Å²) in [6, 6.07) is 13.0. The molecule has 0 amide bonds. The monoisotopic (exact) mass is 581 g/mol. The van der Waals surface area contributed by atoms with Crippen molar-refractivity contribution in [1.82, 2.24) is 13.5 Å². The highest BCUT2D eigenvalue weighted by Crippen LogP contribution is 2.43. The van der Waals surface area contributed by atoms with Gasteiger partial charge in [0.05, 0.1) is 5.38 Å². The standard InChI is InChI=1S/C29H28ClN3O4S2/c1-18-13-22(23-15-26(34)32(3)16-24(23)20-7-5-19(6-8-20)17-38-4)14-25(30)29(18,2)39(36,37)33-12-10-21-9-11-31-28(35)27(21)33/h5-16,25H,17H2,1-4H3,(H,31,35). The van der Waals surface area contributed by atoms with Gasteiger partial charge in [0.15, 0.2) is 0 Å². The number of fused-ring (bicyclic) bond motifs is 1. The van der Waals surface area contributed by atoms with E-state index in [0.717, 1.165) is 20.9 Å². The molecule has 0 saturated carbocycles. The highest BCUT2D eigenvalue weighted by molar-refractivity contribution is 7.97. The predicted molar refractivity (Wildman–Crippen MR) is 161 cm³/mol. The first-order valence-corrected chi connectivity index (χ1v) is 15.5. The van der Waals surface area contributed by atoms with Crippen molar-refractivity contribution in [3.8, 4) is 11.1 Å². The summed E-state index contributed by atoms with van der Waals surface area (Å²) in [6.07, 6.45) is 10.2. The second-order valence-corrected chi connectivity index (χ2v) is 13.4. The van der Waals surface area contributed by atoms with Gasteiger partial charge in [0, 0.05) is 48.4 Å². The van der Waals surface area contributed by atoms with Gasteiger partial charge in [-0.3, -0.25) is 9.59 Å². The Labute approximate surface area is 235 Å². The Hall–Kier alpha value is -3.27. The second-order valence-electron chi connectivity index (χ2n) is 9.87. The van der Waals surface area contributed by atoms with Gasteiger partial charge in [-0.15, -0.1) is 11.6 Å². The second kappa shape index (κ2) is 10.0. The van der Waals surface area contributed by atoms with E-state index in [9.17, 15) is 18.0 Å². The summed E-state index contributed by atoms with van der Waals surface area (Å²) in [5.41, 5.74) is 4.15. The summed E-state index contributed by atoms with van der Waals surface area (Å²) in [5, 5.41) is -0.470. The summed E-state index contributed by atoms with van der Waals surface area (Å²) in [5.74, 6) is 0.900. The fraction of sp³-hybridized carbons (Fsp3) is 0.241. The Morgan fingerprint density at radius 2 is 1.82 bits per heavy atom. The minimum Gasteiger partial charge on any atom is -0.327 e. The molecule has 1 aliphatic rings. The molecule has 10 heteroatoms. The third-order valence-electron chi connectivity index (χ3n) is 7.49. The van der Waals surface area contributed by atoms with E-state index in [1.54, 1.807) is 69.2 Å². The average Bonchev–Trinajstić information content (AvgIpc) is 3.35. The first-order valence-electron chi connectivity index (χ1n) is 12.3. The quantitative estimate of drug-likeness (QED) is 0.318. The van der Waals surface area contributed by atoms with Crippen LogP contribution in [0.5, 0.6) is 0 Å². The number of rotatable bonds is 6. The maximum absolute atomic E-state index is 14.1. The van der Waals surface area contributed by atoms with Gasteiger partial charge in [0.2, 0.25) is 10.0 Å². The van der Waals surface area contributed by atoms with Crippen molar-refractivity contribution in [3.63, 3.8) is 0 Å². The lowest BCUT2D eigenvalue weighted by Crippen LogP contribution is -2.48. The number of nitrogens with zero attached hydrogens (tertiary/aromatic N) is 2. The van der Waals surface area contributed by atoms with Gasteiger partial charge in [0.25, 0.3) is 11.1 Å². The number of halogens is 1. The summed E-state index contributed by atoms with van der Waals surface area (Å²) in [4.78, 5) is 27.8. The lowest BCUT2D eigenvalue weighted by Gasteiger charge is -2.37. The molecule has 0 spiro atoms. The number of hydrogen-bond donors (Lipinski definition) is 1. The van der Waals surface area contributed by atoms with Crippen LogP contribution in [-0.2, 0) is 22.8 Å². The molecule has 202 valence electrons. The number of hydrogen-bond acceptors (Lipinski definition) is 5. The first kappa shape index (κ1) is 27.3. The van der Waals surface area contributed by atoms with Gasteiger partial charge in [-0.25, -0.2) is 12.4 Å². The number of aromatic nitrogens is 3. The van der Waals surface area contributed by atoms with Crippen molar-refractivity contribution < 1.29 is 8.42 Å². The fourth-order valence-corrected chi connectivity index (χ4v) is 8.04. The van der Waals surface area contributed by atoms with Crippen LogP contribution in [0.2, 0.25) is 0 Å². The molecule has 2 atom stereocenters. The molecule has 4 aromatic rings. The van der Waals surface area contributed by atoms with Gasteiger partial charge < -0.3 is 9.55 Å². The van der Waals surface area contributed by atoms with Crippen LogP contribution in [0.25, 0.3) is 27.6 Å². The van der Waals surface area contributed by atoms with Crippen molar-refractivity contribution >= 4 is 49.9 Å². The van der Waals surface area contributed by atoms with Gasteiger partial charge in [0.1, 0.15) is 10.3 Å². The minimum atomic E-state index is -4.17. The molecule has 1 aliphatic carbocycles. The smallest absolute Gasteiger partial charge is 0.273 e. The largest absolute Gasteiger partial charge is 0.327 e. The molecule has 0 radical (unpaired) electrons. The summed E-state index contributed by atoms with van der Waals surface area (Å²) in [7, 11) is -2.48. The molecule has 0 fully saturated rings. The maximum atomic E-state index is 14.1. The number of nitrogens with one attached hydrogen (secondary N) is 1. The molecule has 39 heavy (non-hydrogen) atoms. The number of aromatic amines is 1. The fourth-order valence-electron chi connectivity index (χ4n) is 4.99. The van der Waals surface area contributed by atoms with Crippen molar-refractivity contribution in [2.24, 2.45) is 7.05 Å². The van der Waals surface area contributed by atoms with Crippen LogP contribution in [0.1, 0.15) is 25.0 Å². The molecule has 5 rings (SSSR count).